The first kappa shape index (κ1) is 23.0. The van der Waals surface area contributed by atoms with Crippen LogP contribution in [-0.4, -0.2) is 21.4 Å². The number of nitrogens with one attached hydrogen (secondary N) is 1. The van der Waals surface area contributed by atoms with E-state index in [1.165, 1.54) is 6.07 Å². The summed E-state index contributed by atoms with van der Waals surface area (Å²) < 4.78 is 11.7. The second kappa shape index (κ2) is 8.97. The van der Waals surface area contributed by atoms with Gasteiger partial charge in [-0.3, -0.25) is 9.59 Å². The maximum Gasteiger partial charge on any atom is 0.340 e. The quantitative estimate of drug-likeness (QED) is 0.441. The van der Waals surface area contributed by atoms with Gasteiger partial charge in [0.1, 0.15) is 12.4 Å². The lowest BCUT2D eigenvalue weighted by atomic mass is 9.87. The fourth-order valence-corrected chi connectivity index (χ4v) is 3.45. The molecule has 0 fully saturated rings. The highest BCUT2D eigenvalue weighted by atomic mass is 16.5. The zero-order valence-corrected chi connectivity index (χ0v) is 19.4. The van der Waals surface area contributed by atoms with E-state index < -0.39 is 11.5 Å². The number of para-hydroxylation sites is 1. The van der Waals surface area contributed by atoms with Gasteiger partial charge in [0, 0.05) is 17.7 Å². The molecule has 1 N–H and O–H groups in total. The number of benzene rings is 2. The lowest BCUT2D eigenvalue weighted by Gasteiger charge is -2.19. The van der Waals surface area contributed by atoms with E-state index in [1.54, 1.807) is 49.4 Å². The number of rotatable bonds is 5. The van der Waals surface area contributed by atoms with Gasteiger partial charge in [0.05, 0.1) is 16.9 Å². The van der Waals surface area contributed by atoms with Crippen molar-refractivity contribution in [2.75, 3.05) is 5.32 Å². The molecule has 4 rings (SSSR count). The molecule has 0 aliphatic heterocycles. The van der Waals surface area contributed by atoms with E-state index in [2.05, 4.69) is 31.1 Å². The Hall–Kier alpha value is -4.20. The molecule has 0 radical (unpaired) electrons. The molecule has 2 aromatic carbocycles. The molecule has 2 heterocycles. The number of esters is 1. The van der Waals surface area contributed by atoms with Gasteiger partial charge in [-0.2, -0.15) is 0 Å². The van der Waals surface area contributed by atoms with Crippen LogP contribution in [0.3, 0.4) is 0 Å². The molecule has 0 saturated carbocycles. The van der Waals surface area contributed by atoms with Crippen LogP contribution < -0.4 is 10.9 Å². The lowest BCUT2D eigenvalue weighted by molar-refractivity contribution is 0.0469. The topological polar surface area (TPSA) is 103 Å². The van der Waals surface area contributed by atoms with Gasteiger partial charge < -0.3 is 14.6 Å². The molecule has 8 heteroatoms. The molecule has 0 atom stereocenters. The molecule has 174 valence electrons. The first-order valence-corrected chi connectivity index (χ1v) is 10.8. The van der Waals surface area contributed by atoms with Gasteiger partial charge in [-0.05, 0) is 42.2 Å². The summed E-state index contributed by atoms with van der Waals surface area (Å²) in [5, 5.41) is 2.78. The zero-order chi connectivity index (χ0) is 24.5. The van der Waals surface area contributed by atoms with Crippen molar-refractivity contribution >= 4 is 23.2 Å². The summed E-state index contributed by atoms with van der Waals surface area (Å²) in [4.78, 5) is 42.0. The molecular weight excluding hydrogens is 434 g/mol. The maximum atomic E-state index is 12.8. The Kier molecular flexibility index (Phi) is 6.06. The number of anilines is 1. The number of ether oxygens (including phenoxy) is 1. The van der Waals surface area contributed by atoms with Gasteiger partial charge >= 0.3 is 5.97 Å². The van der Waals surface area contributed by atoms with Gasteiger partial charge in [0.2, 0.25) is 0 Å². The Labute approximate surface area is 196 Å². The molecule has 1 amide bonds. The summed E-state index contributed by atoms with van der Waals surface area (Å²) in [6, 6.07) is 16.8. The Morgan fingerprint density at radius 2 is 1.76 bits per heavy atom. The molecule has 8 nitrogen and oxygen atoms in total. The maximum absolute atomic E-state index is 12.8. The fourth-order valence-electron chi connectivity index (χ4n) is 3.45. The minimum Gasteiger partial charge on any atom is -0.456 e. The van der Waals surface area contributed by atoms with Crippen LogP contribution in [0.4, 0.5) is 5.69 Å². The summed E-state index contributed by atoms with van der Waals surface area (Å²) in [5.41, 5.74) is 2.31. The van der Waals surface area contributed by atoms with Crippen molar-refractivity contribution in [1.82, 2.24) is 9.56 Å². The minimum atomic E-state index is -0.649. The Bertz CT molecular complexity index is 1430. The van der Waals surface area contributed by atoms with Crippen LogP contribution in [0.5, 0.6) is 0 Å². The summed E-state index contributed by atoms with van der Waals surface area (Å²) in [5.74, 6) is -0.447. The molecule has 4 aromatic rings. The molecule has 34 heavy (non-hydrogen) atoms. The molecule has 0 saturated heterocycles. The van der Waals surface area contributed by atoms with E-state index >= 15 is 0 Å². The predicted molar refractivity (Wildman–Crippen MR) is 127 cm³/mol. The number of nitrogens with zero attached hydrogens (tertiary/aromatic N) is 2. The summed E-state index contributed by atoms with van der Waals surface area (Å²) in [6.45, 7) is 7.81. The number of hydrogen-bond acceptors (Lipinski definition) is 6. The van der Waals surface area contributed by atoms with Crippen LogP contribution in [0, 0.1) is 6.92 Å². The number of amides is 1. The molecule has 0 bridgehead atoms. The van der Waals surface area contributed by atoms with Crippen molar-refractivity contribution in [3.63, 3.8) is 0 Å². The molecule has 0 aliphatic carbocycles. The first-order chi connectivity index (χ1) is 16.1. The van der Waals surface area contributed by atoms with Gasteiger partial charge in [-0.1, -0.05) is 45.0 Å². The van der Waals surface area contributed by atoms with Gasteiger partial charge in [-0.15, -0.1) is 4.57 Å². The van der Waals surface area contributed by atoms with Crippen LogP contribution in [0.25, 0.3) is 5.65 Å². The second-order valence-corrected chi connectivity index (χ2v) is 8.99. The van der Waals surface area contributed by atoms with Crippen molar-refractivity contribution in [3.05, 3.63) is 99.2 Å². The van der Waals surface area contributed by atoms with Crippen LogP contribution in [0.2, 0.25) is 0 Å². The van der Waals surface area contributed by atoms with Crippen molar-refractivity contribution in [2.45, 2.75) is 39.7 Å². The number of carbonyl (C=O) groups excluding carboxylic acids is 2. The van der Waals surface area contributed by atoms with Crippen molar-refractivity contribution < 1.29 is 18.8 Å². The molecule has 2 aromatic heterocycles. The summed E-state index contributed by atoms with van der Waals surface area (Å²) in [7, 11) is 0. The average Bonchev–Trinajstić information content (AvgIpc) is 3.18. The summed E-state index contributed by atoms with van der Waals surface area (Å²) in [6.07, 6.45) is 0. The number of carbonyl (C=O) groups is 2. The van der Waals surface area contributed by atoms with Gasteiger partial charge in [-0.25, -0.2) is 9.78 Å². The van der Waals surface area contributed by atoms with Gasteiger partial charge in [0.15, 0.2) is 5.65 Å². The van der Waals surface area contributed by atoms with Crippen molar-refractivity contribution in [1.29, 1.82) is 0 Å². The Morgan fingerprint density at radius 3 is 2.47 bits per heavy atom. The Morgan fingerprint density at radius 1 is 1.06 bits per heavy atom. The molecular formula is C26H25N3O5. The fraction of sp³-hybridized carbons (Fsp3) is 0.231. The van der Waals surface area contributed by atoms with E-state index in [4.69, 9.17) is 9.26 Å². The monoisotopic (exact) mass is 459 g/mol. The van der Waals surface area contributed by atoms with Gasteiger partial charge in [0.25, 0.3) is 11.5 Å². The molecule has 0 unspecified atom stereocenters. The van der Waals surface area contributed by atoms with Crippen LogP contribution in [0.15, 0.2) is 70.0 Å². The SMILES string of the molecule is Cc1cc2nc(COC(=O)c3ccccc3NC(=O)c3ccc(C(C)(C)C)cc3)cc(=O)n2o1. The third kappa shape index (κ3) is 4.91. The van der Waals surface area contributed by atoms with E-state index in [0.29, 0.717) is 28.4 Å². The van der Waals surface area contributed by atoms with Crippen molar-refractivity contribution in [2.24, 2.45) is 0 Å². The highest BCUT2D eigenvalue weighted by Gasteiger charge is 2.18. The third-order valence-electron chi connectivity index (χ3n) is 5.28. The number of hydrogen-bond donors (Lipinski definition) is 1. The largest absolute Gasteiger partial charge is 0.456 e. The van der Waals surface area contributed by atoms with Crippen molar-refractivity contribution in [3.8, 4) is 0 Å². The Balaban J connectivity index is 1.48. The molecule has 0 aliphatic rings. The zero-order valence-electron chi connectivity index (χ0n) is 19.4. The third-order valence-corrected chi connectivity index (χ3v) is 5.28. The van der Waals surface area contributed by atoms with E-state index in [-0.39, 0.29) is 23.5 Å². The second-order valence-electron chi connectivity index (χ2n) is 8.99. The van der Waals surface area contributed by atoms with E-state index in [0.717, 1.165) is 10.1 Å². The van der Waals surface area contributed by atoms with E-state index in [9.17, 15) is 14.4 Å². The van der Waals surface area contributed by atoms with Crippen LogP contribution in [-0.2, 0) is 16.8 Å². The first-order valence-electron chi connectivity index (χ1n) is 10.8. The number of aryl methyl sites for hydroxylation is 1. The highest BCUT2D eigenvalue weighted by Crippen LogP contribution is 2.23. The standard InChI is InChI=1S/C26H25N3O5/c1-16-13-22-27-19(14-23(30)29(22)34-16)15-33-25(32)20-7-5-6-8-21(20)28-24(31)17-9-11-18(12-10-17)26(2,3)4/h5-14H,15H2,1-4H3,(H,28,31). The summed E-state index contributed by atoms with van der Waals surface area (Å²) >= 11 is 0. The number of aromatic nitrogens is 2. The smallest absolute Gasteiger partial charge is 0.340 e. The minimum absolute atomic E-state index is 0.0211. The predicted octanol–water partition coefficient (Wildman–Crippen LogP) is 4.50. The average molecular weight is 460 g/mol. The lowest BCUT2D eigenvalue weighted by Crippen LogP contribution is -2.17. The van der Waals surface area contributed by atoms with Crippen LogP contribution in [0.1, 0.15) is 58.5 Å². The highest BCUT2D eigenvalue weighted by molar-refractivity contribution is 6.08. The normalized spacial score (nSPS) is 11.4. The van der Waals surface area contributed by atoms with E-state index in [1.807, 2.05) is 12.1 Å². The number of fused-ring (bicyclic) bond motifs is 1. The molecule has 0 spiro atoms. The van der Waals surface area contributed by atoms with Crippen LogP contribution >= 0.6 is 0 Å².